The Morgan fingerprint density at radius 2 is 1.56 bits per heavy atom. The quantitative estimate of drug-likeness (QED) is 0.857. The Hall–Kier alpha value is -1.85. The molecule has 0 amide bonds. The molecular weight excluding hydrogens is 252 g/mol. The topological polar surface area (TPSA) is 63.6 Å². The summed E-state index contributed by atoms with van der Waals surface area (Å²) in [5.74, 6) is 0.219. The van der Waals surface area contributed by atoms with Crippen molar-refractivity contribution in [1.29, 1.82) is 0 Å². The highest BCUT2D eigenvalue weighted by molar-refractivity contribution is 7.87. The molecule has 0 spiro atoms. The first-order chi connectivity index (χ1) is 8.62. The molecule has 0 saturated carbocycles. The lowest BCUT2D eigenvalue weighted by molar-refractivity contribution is 0.282. The van der Waals surface area contributed by atoms with E-state index in [1.165, 1.54) is 24.3 Å². The Labute approximate surface area is 106 Å². The van der Waals surface area contributed by atoms with Crippen molar-refractivity contribution in [2.24, 2.45) is 0 Å². The van der Waals surface area contributed by atoms with Crippen LogP contribution in [0.15, 0.2) is 59.5 Å². The minimum absolute atomic E-state index is 0.0916. The molecule has 0 heterocycles. The third-order valence-electron chi connectivity index (χ3n) is 2.34. The first kappa shape index (κ1) is 12.6. The fourth-order valence-electron chi connectivity index (χ4n) is 1.41. The third-order valence-corrected chi connectivity index (χ3v) is 3.61. The van der Waals surface area contributed by atoms with Gasteiger partial charge >= 0.3 is 10.1 Å². The fourth-order valence-corrected chi connectivity index (χ4v) is 2.36. The average molecular weight is 264 g/mol. The van der Waals surface area contributed by atoms with Gasteiger partial charge in [0.2, 0.25) is 0 Å². The van der Waals surface area contributed by atoms with Crippen molar-refractivity contribution < 1.29 is 17.7 Å². The van der Waals surface area contributed by atoms with E-state index in [4.69, 9.17) is 9.29 Å². The van der Waals surface area contributed by atoms with Gasteiger partial charge in [-0.15, -0.1) is 0 Å². The van der Waals surface area contributed by atoms with Gasteiger partial charge in [0.05, 0.1) is 6.61 Å². The molecular formula is C13H12O4S. The van der Waals surface area contributed by atoms with Crippen LogP contribution in [0.25, 0.3) is 0 Å². The van der Waals surface area contributed by atoms with Gasteiger partial charge in [-0.25, -0.2) is 0 Å². The van der Waals surface area contributed by atoms with E-state index in [0.29, 0.717) is 5.56 Å². The van der Waals surface area contributed by atoms with Gasteiger partial charge in [-0.3, -0.25) is 0 Å². The molecule has 0 unspecified atom stereocenters. The summed E-state index contributed by atoms with van der Waals surface area (Å²) in [7, 11) is -3.80. The highest BCUT2D eigenvalue weighted by Crippen LogP contribution is 2.18. The molecule has 2 aromatic carbocycles. The zero-order valence-electron chi connectivity index (χ0n) is 9.48. The third kappa shape index (κ3) is 2.88. The van der Waals surface area contributed by atoms with E-state index in [1.54, 1.807) is 30.3 Å². The average Bonchev–Trinajstić information content (AvgIpc) is 2.40. The van der Waals surface area contributed by atoms with E-state index in [2.05, 4.69) is 0 Å². The summed E-state index contributed by atoms with van der Waals surface area (Å²) in [4.78, 5) is 0.108. The van der Waals surface area contributed by atoms with Crippen LogP contribution in [-0.2, 0) is 16.7 Å². The summed E-state index contributed by atoms with van der Waals surface area (Å²) in [6.45, 7) is -0.0916. The molecule has 0 aliphatic carbocycles. The van der Waals surface area contributed by atoms with Crippen LogP contribution in [0.3, 0.4) is 0 Å². The van der Waals surface area contributed by atoms with Crippen LogP contribution in [0.5, 0.6) is 5.75 Å². The second kappa shape index (κ2) is 5.20. The van der Waals surface area contributed by atoms with Crippen molar-refractivity contribution in [3.63, 3.8) is 0 Å². The monoisotopic (exact) mass is 264 g/mol. The second-order valence-corrected chi connectivity index (χ2v) is 5.20. The maximum atomic E-state index is 11.9. The van der Waals surface area contributed by atoms with Gasteiger partial charge in [-0.1, -0.05) is 30.3 Å². The predicted molar refractivity (Wildman–Crippen MR) is 66.6 cm³/mol. The van der Waals surface area contributed by atoms with E-state index >= 15 is 0 Å². The van der Waals surface area contributed by atoms with E-state index in [1.807, 2.05) is 0 Å². The Balaban J connectivity index is 2.22. The van der Waals surface area contributed by atoms with Crippen molar-refractivity contribution in [1.82, 2.24) is 0 Å². The molecule has 2 aromatic rings. The van der Waals surface area contributed by atoms with Crippen molar-refractivity contribution in [2.75, 3.05) is 0 Å². The highest BCUT2D eigenvalue weighted by atomic mass is 32.2. The van der Waals surface area contributed by atoms with E-state index < -0.39 is 10.1 Å². The summed E-state index contributed by atoms with van der Waals surface area (Å²) in [5.41, 5.74) is 0.694. The maximum absolute atomic E-state index is 11.9. The van der Waals surface area contributed by atoms with Crippen LogP contribution >= 0.6 is 0 Å². The lowest BCUT2D eigenvalue weighted by Crippen LogP contribution is -2.09. The van der Waals surface area contributed by atoms with Crippen molar-refractivity contribution in [3.8, 4) is 5.75 Å². The first-order valence-corrected chi connectivity index (χ1v) is 6.72. The van der Waals surface area contributed by atoms with Crippen LogP contribution in [0.4, 0.5) is 0 Å². The highest BCUT2D eigenvalue weighted by Gasteiger charge is 2.15. The van der Waals surface area contributed by atoms with E-state index in [-0.39, 0.29) is 17.3 Å². The van der Waals surface area contributed by atoms with Crippen LogP contribution in [0, 0.1) is 0 Å². The minimum Gasteiger partial charge on any atom is -0.392 e. The molecule has 0 atom stereocenters. The van der Waals surface area contributed by atoms with Gasteiger partial charge in [0.25, 0.3) is 0 Å². The van der Waals surface area contributed by atoms with Gasteiger partial charge in [0, 0.05) is 0 Å². The smallest absolute Gasteiger partial charge is 0.339 e. The van der Waals surface area contributed by atoms with Gasteiger partial charge in [-0.2, -0.15) is 8.42 Å². The molecule has 0 aliphatic heterocycles. The van der Waals surface area contributed by atoms with E-state index in [0.717, 1.165) is 0 Å². The minimum atomic E-state index is -3.80. The predicted octanol–water partition coefficient (Wildman–Crippen LogP) is 1.95. The molecule has 0 aliphatic rings. The lowest BCUT2D eigenvalue weighted by atomic mass is 10.2. The maximum Gasteiger partial charge on any atom is 0.339 e. The Bertz CT molecular complexity index is 603. The number of benzene rings is 2. The lowest BCUT2D eigenvalue weighted by Gasteiger charge is -2.07. The number of hydrogen-bond acceptors (Lipinski definition) is 4. The molecule has 0 saturated heterocycles. The van der Waals surface area contributed by atoms with Gasteiger partial charge in [0.1, 0.15) is 10.6 Å². The Kier molecular flexibility index (Phi) is 3.64. The second-order valence-electron chi connectivity index (χ2n) is 3.65. The Morgan fingerprint density at radius 1 is 0.944 bits per heavy atom. The first-order valence-electron chi connectivity index (χ1n) is 5.31. The molecule has 0 radical (unpaired) electrons. The SMILES string of the molecule is O=S(=O)(Oc1ccc(CO)cc1)c1ccccc1. The normalized spacial score (nSPS) is 11.2. The number of aliphatic hydroxyl groups is 1. The molecule has 0 bridgehead atoms. The van der Waals surface area contributed by atoms with Crippen LogP contribution in [0.2, 0.25) is 0 Å². The van der Waals surface area contributed by atoms with Crippen molar-refractivity contribution in [3.05, 3.63) is 60.2 Å². The molecule has 5 heteroatoms. The molecule has 0 fully saturated rings. The zero-order valence-corrected chi connectivity index (χ0v) is 10.3. The molecule has 18 heavy (non-hydrogen) atoms. The fraction of sp³-hybridized carbons (Fsp3) is 0.0769. The number of rotatable bonds is 4. The summed E-state index contributed by atoms with van der Waals surface area (Å²) in [6, 6.07) is 14.2. The Morgan fingerprint density at radius 3 is 2.11 bits per heavy atom. The standard InChI is InChI=1S/C13H12O4S/c14-10-11-6-8-12(9-7-11)17-18(15,16)13-4-2-1-3-5-13/h1-9,14H,10H2. The summed E-state index contributed by atoms with van der Waals surface area (Å²) in [6.07, 6.45) is 0. The molecule has 0 aromatic heterocycles. The van der Waals surface area contributed by atoms with Gasteiger partial charge < -0.3 is 9.29 Å². The van der Waals surface area contributed by atoms with E-state index in [9.17, 15) is 8.42 Å². The van der Waals surface area contributed by atoms with Crippen molar-refractivity contribution >= 4 is 10.1 Å². The zero-order chi connectivity index (χ0) is 13.0. The van der Waals surface area contributed by atoms with Gasteiger partial charge in [-0.05, 0) is 29.8 Å². The van der Waals surface area contributed by atoms with Gasteiger partial charge in [0.15, 0.2) is 0 Å². The summed E-state index contributed by atoms with van der Waals surface area (Å²) in [5, 5.41) is 8.88. The number of hydrogen-bond donors (Lipinski definition) is 1. The van der Waals surface area contributed by atoms with Crippen LogP contribution in [-0.4, -0.2) is 13.5 Å². The molecule has 4 nitrogen and oxygen atoms in total. The molecule has 1 N–H and O–H groups in total. The molecule has 2 rings (SSSR count). The largest absolute Gasteiger partial charge is 0.392 e. The summed E-state index contributed by atoms with van der Waals surface area (Å²) < 4.78 is 28.7. The molecule has 94 valence electrons. The number of aliphatic hydroxyl groups excluding tert-OH is 1. The summed E-state index contributed by atoms with van der Waals surface area (Å²) >= 11 is 0. The van der Waals surface area contributed by atoms with Crippen LogP contribution < -0.4 is 4.18 Å². The van der Waals surface area contributed by atoms with Crippen molar-refractivity contribution in [2.45, 2.75) is 11.5 Å². The van der Waals surface area contributed by atoms with Crippen LogP contribution in [0.1, 0.15) is 5.56 Å².